The zero-order valence-corrected chi connectivity index (χ0v) is 19.8. The molecule has 0 amide bonds. The van der Waals surface area contributed by atoms with Crippen molar-refractivity contribution in [3.63, 3.8) is 0 Å². The van der Waals surface area contributed by atoms with Crippen LogP contribution in [0.1, 0.15) is 24.0 Å². The largest absolute Gasteiger partial charge is 0.286 e. The molecular weight excluding hydrogens is 458 g/mol. The van der Waals surface area contributed by atoms with Gasteiger partial charge in [-0.3, -0.25) is 9.36 Å². The first-order valence-corrected chi connectivity index (χ1v) is 12.5. The summed E-state index contributed by atoms with van der Waals surface area (Å²) in [5.74, 6) is 0.851. The summed E-state index contributed by atoms with van der Waals surface area (Å²) in [5.41, 5.74) is 3.02. The number of halogens is 1. The molecular formula is C25H20ClN3OS2. The highest BCUT2D eigenvalue weighted by atomic mass is 35.5. The van der Waals surface area contributed by atoms with Crippen molar-refractivity contribution in [2.75, 3.05) is 0 Å². The van der Waals surface area contributed by atoms with Crippen molar-refractivity contribution >= 4 is 55.1 Å². The van der Waals surface area contributed by atoms with Gasteiger partial charge in [0.15, 0.2) is 5.16 Å². The maximum atomic E-state index is 13.6. The Morgan fingerprint density at radius 1 is 1.09 bits per heavy atom. The molecule has 0 saturated heterocycles. The van der Waals surface area contributed by atoms with E-state index in [1.54, 1.807) is 18.0 Å². The van der Waals surface area contributed by atoms with Crippen molar-refractivity contribution in [3.8, 4) is 0 Å². The standard InChI is InChI=1S/C25H20ClN3OS2/c1-16(18-8-3-2-4-9-18)14-29-24(30)22-21(20-11-6-12-27-23(20)32-22)28-25(29)31-15-17-7-5-10-19(26)13-17/h2-13,16H,14-15H2,1H3/t16-/m1/s1. The van der Waals surface area contributed by atoms with Gasteiger partial charge in [0.05, 0.1) is 5.52 Å². The van der Waals surface area contributed by atoms with E-state index in [4.69, 9.17) is 16.6 Å². The first kappa shape index (κ1) is 21.2. The van der Waals surface area contributed by atoms with Gasteiger partial charge in [-0.05, 0) is 41.3 Å². The lowest BCUT2D eigenvalue weighted by Crippen LogP contribution is -2.25. The Morgan fingerprint density at radius 2 is 1.94 bits per heavy atom. The molecule has 0 aliphatic carbocycles. The van der Waals surface area contributed by atoms with E-state index in [0.717, 1.165) is 21.3 Å². The third kappa shape index (κ3) is 4.18. The van der Waals surface area contributed by atoms with Crippen LogP contribution in [-0.2, 0) is 12.3 Å². The minimum absolute atomic E-state index is 0.00521. The summed E-state index contributed by atoms with van der Waals surface area (Å²) in [6.45, 7) is 2.70. The average molecular weight is 478 g/mol. The second-order valence-electron chi connectivity index (χ2n) is 7.68. The number of benzene rings is 2. The zero-order valence-electron chi connectivity index (χ0n) is 17.4. The first-order valence-electron chi connectivity index (χ1n) is 10.3. The van der Waals surface area contributed by atoms with Crippen LogP contribution >= 0.6 is 34.7 Å². The van der Waals surface area contributed by atoms with Crippen LogP contribution in [0.5, 0.6) is 0 Å². The average Bonchev–Trinajstić information content (AvgIpc) is 3.19. The van der Waals surface area contributed by atoms with Crippen LogP contribution in [0, 0.1) is 0 Å². The fourth-order valence-electron chi connectivity index (χ4n) is 3.75. The molecule has 0 spiro atoms. The quantitative estimate of drug-likeness (QED) is 0.200. The van der Waals surface area contributed by atoms with Crippen LogP contribution in [0.4, 0.5) is 0 Å². The smallest absolute Gasteiger partial charge is 0.272 e. The topological polar surface area (TPSA) is 47.8 Å². The summed E-state index contributed by atoms with van der Waals surface area (Å²) >= 11 is 9.14. The molecule has 0 fully saturated rings. The molecule has 1 atom stereocenters. The van der Waals surface area contributed by atoms with E-state index in [9.17, 15) is 4.79 Å². The predicted octanol–water partition coefficient (Wildman–Crippen LogP) is 6.76. The number of thiophene rings is 1. The summed E-state index contributed by atoms with van der Waals surface area (Å²) in [4.78, 5) is 23.9. The minimum Gasteiger partial charge on any atom is -0.286 e. The maximum Gasteiger partial charge on any atom is 0.272 e. The van der Waals surface area contributed by atoms with Gasteiger partial charge >= 0.3 is 0 Å². The van der Waals surface area contributed by atoms with Crippen LogP contribution < -0.4 is 5.56 Å². The monoisotopic (exact) mass is 477 g/mol. The number of nitrogens with zero attached hydrogens (tertiary/aromatic N) is 3. The van der Waals surface area contributed by atoms with Crippen molar-refractivity contribution in [3.05, 3.63) is 99.4 Å². The number of pyridine rings is 1. The Labute approximate surface area is 198 Å². The highest BCUT2D eigenvalue weighted by Crippen LogP contribution is 2.32. The SMILES string of the molecule is C[C@H](Cn1c(SCc2cccc(Cl)c2)nc2c(sc3ncccc32)c1=O)c1ccccc1. The Hall–Kier alpha value is -2.67. The Kier molecular flexibility index (Phi) is 6.00. The van der Waals surface area contributed by atoms with Gasteiger partial charge in [-0.15, -0.1) is 11.3 Å². The molecule has 0 radical (unpaired) electrons. The molecule has 3 aromatic heterocycles. The lowest BCUT2D eigenvalue weighted by molar-refractivity contribution is 0.532. The maximum absolute atomic E-state index is 13.6. The van der Waals surface area contributed by atoms with E-state index in [2.05, 4.69) is 24.0 Å². The lowest BCUT2D eigenvalue weighted by atomic mass is 10.0. The van der Waals surface area contributed by atoms with Crippen molar-refractivity contribution in [2.45, 2.75) is 30.3 Å². The van der Waals surface area contributed by atoms with Gasteiger partial charge in [0, 0.05) is 28.9 Å². The summed E-state index contributed by atoms with van der Waals surface area (Å²) in [7, 11) is 0. The number of fused-ring (bicyclic) bond motifs is 3. The van der Waals surface area contributed by atoms with E-state index < -0.39 is 0 Å². The normalized spacial score (nSPS) is 12.4. The van der Waals surface area contributed by atoms with Crippen LogP contribution in [0.3, 0.4) is 0 Å². The van der Waals surface area contributed by atoms with Gasteiger partial charge in [-0.2, -0.15) is 0 Å². The molecule has 3 heterocycles. The van der Waals surface area contributed by atoms with E-state index in [1.807, 2.05) is 59.2 Å². The molecule has 0 saturated carbocycles. The summed E-state index contributed by atoms with van der Waals surface area (Å²) in [6.07, 6.45) is 1.75. The fourth-order valence-corrected chi connectivity index (χ4v) is 5.94. The molecule has 7 heteroatoms. The molecule has 0 N–H and O–H groups in total. The number of hydrogen-bond acceptors (Lipinski definition) is 5. The molecule has 160 valence electrons. The molecule has 0 bridgehead atoms. The second kappa shape index (κ2) is 9.06. The number of aromatic nitrogens is 3. The molecule has 5 rings (SSSR count). The molecule has 2 aromatic carbocycles. The highest BCUT2D eigenvalue weighted by molar-refractivity contribution is 7.98. The second-order valence-corrected chi connectivity index (χ2v) is 10.1. The number of rotatable bonds is 6. The molecule has 5 aromatic rings. The number of hydrogen-bond donors (Lipinski definition) is 0. The van der Waals surface area contributed by atoms with Gasteiger partial charge in [0.1, 0.15) is 9.53 Å². The molecule has 4 nitrogen and oxygen atoms in total. The van der Waals surface area contributed by atoms with Crippen LogP contribution in [0.2, 0.25) is 5.02 Å². The van der Waals surface area contributed by atoms with Crippen LogP contribution in [-0.4, -0.2) is 14.5 Å². The van der Waals surface area contributed by atoms with E-state index >= 15 is 0 Å². The summed E-state index contributed by atoms with van der Waals surface area (Å²) in [5, 5.41) is 2.35. The molecule has 0 aliphatic rings. The third-order valence-electron chi connectivity index (χ3n) is 5.40. The number of thioether (sulfide) groups is 1. The Morgan fingerprint density at radius 3 is 2.75 bits per heavy atom. The van der Waals surface area contributed by atoms with Gasteiger partial charge in [0.2, 0.25) is 0 Å². The van der Waals surface area contributed by atoms with Gasteiger partial charge < -0.3 is 0 Å². The van der Waals surface area contributed by atoms with E-state index in [1.165, 1.54) is 16.9 Å². The van der Waals surface area contributed by atoms with Crippen molar-refractivity contribution in [1.29, 1.82) is 0 Å². The Bertz CT molecular complexity index is 1460. The minimum atomic E-state index is -0.00521. The van der Waals surface area contributed by atoms with Crippen molar-refractivity contribution in [1.82, 2.24) is 14.5 Å². The Balaban J connectivity index is 1.60. The zero-order chi connectivity index (χ0) is 22.1. The van der Waals surface area contributed by atoms with Gasteiger partial charge in [-0.1, -0.05) is 72.8 Å². The summed E-state index contributed by atoms with van der Waals surface area (Å²) < 4.78 is 2.48. The molecule has 0 aliphatic heterocycles. The van der Waals surface area contributed by atoms with Gasteiger partial charge in [-0.25, -0.2) is 9.97 Å². The van der Waals surface area contributed by atoms with Crippen LogP contribution in [0.25, 0.3) is 20.4 Å². The van der Waals surface area contributed by atoms with E-state index in [0.29, 0.717) is 27.2 Å². The highest BCUT2D eigenvalue weighted by Gasteiger charge is 2.19. The fraction of sp³-hybridized carbons (Fsp3) is 0.160. The van der Waals surface area contributed by atoms with Gasteiger partial charge in [0.25, 0.3) is 5.56 Å². The van der Waals surface area contributed by atoms with Crippen LogP contribution in [0.15, 0.2) is 82.9 Å². The third-order valence-corrected chi connectivity index (χ3v) is 7.77. The van der Waals surface area contributed by atoms with Crippen molar-refractivity contribution < 1.29 is 0 Å². The molecule has 0 unspecified atom stereocenters. The van der Waals surface area contributed by atoms with E-state index in [-0.39, 0.29) is 11.5 Å². The lowest BCUT2D eigenvalue weighted by Gasteiger charge is -2.17. The first-order chi connectivity index (χ1) is 15.6. The summed E-state index contributed by atoms with van der Waals surface area (Å²) in [6, 6.07) is 21.9. The molecule has 32 heavy (non-hydrogen) atoms. The van der Waals surface area contributed by atoms with Crippen molar-refractivity contribution in [2.24, 2.45) is 0 Å². The predicted molar refractivity (Wildman–Crippen MR) is 135 cm³/mol.